The van der Waals surface area contributed by atoms with E-state index < -0.39 is 11.7 Å². The Labute approximate surface area is 175 Å². The number of carbonyl (C=O) groups is 2. The molecule has 1 fully saturated rings. The quantitative estimate of drug-likeness (QED) is 0.667. The van der Waals surface area contributed by atoms with Crippen LogP contribution in [0.4, 0.5) is 14.5 Å². The Morgan fingerprint density at radius 1 is 1.03 bits per heavy atom. The number of anilines is 1. The molecule has 4 rings (SSSR count). The summed E-state index contributed by atoms with van der Waals surface area (Å²) < 4.78 is 26.1. The fraction of sp³-hybridized carbons (Fsp3) is 0.238. The lowest BCUT2D eigenvalue weighted by Crippen LogP contribution is -2.31. The van der Waals surface area contributed by atoms with Crippen LogP contribution in [0.1, 0.15) is 39.3 Å². The van der Waals surface area contributed by atoms with E-state index in [-0.39, 0.29) is 29.2 Å². The monoisotopic (exact) mass is 428 g/mol. The minimum atomic E-state index is -0.437. The van der Waals surface area contributed by atoms with Gasteiger partial charge in [-0.15, -0.1) is 10.2 Å². The molecule has 1 N–H and O–H groups in total. The van der Waals surface area contributed by atoms with Crippen molar-refractivity contribution in [1.29, 1.82) is 0 Å². The van der Waals surface area contributed by atoms with Crippen molar-refractivity contribution in [3.63, 3.8) is 0 Å². The highest BCUT2D eigenvalue weighted by atomic mass is 32.1. The molecule has 30 heavy (non-hydrogen) atoms. The van der Waals surface area contributed by atoms with Crippen molar-refractivity contribution in [2.45, 2.75) is 25.3 Å². The number of likely N-dealkylation sites (tertiary alicyclic amines) is 1. The molecule has 0 unspecified atom stereocenters. The minimum absolute atomic E-state index is 0.0726. The van der Waals surface area contributed by atoms with E-state index in [4.69, 9.17) is 0 Å². The Morgan fingerprint density at radius 2 is 1.70 bits per heavy atom. The van der Waals surface area contributed by atoms with Gasteiger partial charge >= 0.3 is 0 Å². The second kappa shape index (κ2) is 8.66. The molecule has 0 spiro atoms. The maximum atomic E-state index is 13.1. The van der Waals surface area contributed by atoms with Gasteiger partial charge in [0.05, 0.1) is 12.5 Å². The Morgan fingerprint density at radius 3 is 2.40 bits per heavy atom. The Balaban J connectivity index is 1.43. The van der Waals surface area contributed by atoms with E-state index in [1.165, 1.54) is 36.4 Å². The molecule has 1 saturated heterocycles. The summed E-state index contributed by atoms with van der Waals surface area (Å²) in [5.74, 6) is -1.24. The van der Waals surface area contributed by atoms with Crippen LogP contribution in [0.3, 0.4) is 0 Å². The molecular weight excluding hydrogens is 410 g/mol. The predicted octanol–water partition coefficient (Wildman–Crippen LogP) is 3.97. The molecule has 0 radical (unpaired) electrons. The van der Waals surface area contributed by atoms with Crippen LogP contribution in [0.2, 0.25) is 0 Å². The van der Waals surface area contributed by atoms with Crippen LogP contribution in [-0.4, -0.2) is 33.5 Å². The summed E-state index contributed by atoms with van der Waals surface area (Å²) in [7, 11) is 0. The van der Waals surface area contributed by atoms with Gasteiger partial charge in [0.2, 0.25) is 10.9 Å². The first kappa shape index (κ1) is 20.1. The normalized spacial score (nSPS) is 15.9. The lowest BCUT2D eigenvalue weighted by Gasteiger charge is -2.22. The molecule has 9 heteroatoms. The van der Waals surface area contributed by atoms with Crippen molar-refractivity contribution in [3.8, 4) is 0 Å². The second-order valence-corrected chi connectivity index (χ2v) is 7.96. The SMILES string of the molecule is O=C(Nc1ccc(F)cc1)c1nnc([C@H]2CCCN2C(=O)Cc2ccc(F)cc2)s1. The van der Waals surface area contributed by atoms with Crippen molar-refractivity contribution in [2.24, 2.45) is 0 Å². The van der Waals surface area contributed by atoms with Gasteiger partial charge in [0, 0.05) is 12.2 Å². The van der Waals surface area contributed by atoms with Crippen LogP contribution >= 0.6 is 11.3 Å². The summed E-state index contributed by atoms with van der Waals surface area (Å²) in [6.45, 7) is 0.599. The third-order valence-electron chi connectivity index (χ3n) is 4.86. The van der Waals surface area contributed by atoms with Gasteiger partial charge in [0.15, 0.2) is 0 Å². The van der Waals surface area contributed by atoms with E-state index in [0.29, 0.717) is 17.2 Å². The topological polar surface area (TPSA) is 75.2 Å². The number of amides is 2. The van der Waals surface area contributed by atoms with Crippen LogP contribution in [-0.2, 0) is 11.2 Å². The molecule has 2 amide bonds. The van der Waals surface area contributed by atoms with E-state index in [2.05, 4.69) is 15.5 Å². The Hall–Kier alpha value is -3.20. The number of nitrogens with zero attached hydrogens (tertiary/aromatic N) is 3. The first-order valence-electron chi connectivity index (χ1n) is 9.44. The third kappa shape index (κ3) is 4.51. The first-order chi connectivity index (χ1) is 14.5. The van der Waals surface area contributed by atoms with Crippen LogP contribution < -0.4 is 5.32 Å². The Kier molecular flexibility index (Phi) is 5.80. The van der Waals surface area contributed by atoms with Crippen molar-refractivity contribution < 1.29 is 18.4 Å². The van der Waals surface area contributed by atoms with E-state index in [0.717, 1.165) is 29.7 Å². The van der Waals surface area contributed by atoms with Crippen molar-refractivity contribution in [3.05, 3.63) is 75.7 Å². The number of hydrogen-bond donors (Lipinski definition) is 1. The zero-order chi connectivity index (χ0) is 21.1. The maximum absolute atomic E-state index is 13.1. The van der Waals surface area contributed by atoms with Gasteiger partial charge in [-0.25, -0.2) is 8.78 Å². The van der Waals surface area contributed by atoms with Crippen LogP contribution in [0.5, 0.6) is 0 Å². The summed E-state index contributed by atoms with van der Waals surface area (Å²) in [5.41, 5.74) is 1.19. The zero-order valence-electron chi connectivity index (χ0n) is 15.8. The van der Waals surface area contributed by atoms with E-state index in [1.54, 1.807) is 17.0 Å². The number of rotatable bonds is 5. The number of nitrogens with one attached hydrogen (secondary N) is 1. The first-order valence-corrected chi connectivity index (χ1v) is 10.3. The molecule has 154 valence electrons. The molecule has 1 aromatic heterocycles. The average Bonchev–Trinajstić information content (AvgIpc) is 3.40. The van der Waals surface area contributed by atoms with Gasteiger partial charge < -0.3 is 10.2 Å². The van der Waals surface area contributed by atoms with Crippen molar-refractivity contribution in [2.75, 3.05) is 11.9 Å². The molecule has 1 aliphatic rings. The van der Waals surface area contributed by atoms with Gasteiger partial charge in [-0.1, -0.05) is 23.5 Å². The summed E-state index contributed by atoms with van der Waals surface area (Å²) in [5, 5.41) is 11.5. The lowest BCUT2D eigenvalue weighted by atomic mass is 10.1. The fourth-order valence-corrected chi connectivity index (χ4v) is 4.27. The third-order valence-corrected chi connectivity index (χ3v) is 5.89. The number of halogens is 2. The highest BCUT2D eigenvalue weighted by Gasteiger charge is 2.33. The highest BCUT2D eigenvalue weighted by Crippen LogP contribution is 2.34. The lowest BCUT2D eigenvalue weighted by molar-refractivity contribution is -0.131. The van der Waals surface area contributed by atoms with Crippen LogP contribution in [0.25, 0.3) is 0 Å². The van der Waals surface area contributed by atoms with E-state index in [1.807, 2.05) is 0 Å². The molecule has 1 atom stereocenters. The molecule has 2 heterocycles. The van der Waals surface area contributed by atoms with Crippen LogP contribution in [0, 0.1) is 11.6 Å². The molecule has 0 bridgehead atoms. The van der Waals surface area contributed by atoms with Crippen molar-refractivity contribution >= 4 is 28.8 Å². The summed E-state index contributed by atoms with van der Waals surface area (Å²) in [6.07, 6.45) is 1.74. The Bertz CT molecular complexity index is 1050. The molecule has 1 aliphatic heterocycles. The fourth-order valence-electron chi connectivity index (χ4n) is 3.38. The summed E-state index contributed by atoms with van der Waals surface area (Å²) >= 11 is 1.14. The molecule has 3 aromatic rings. The highest BCUT2D eigenvalue weighted by molar-refractivity contribution is 7.13. The second-order valence-electron chi connectivity index (χ2n) is 6.95. The standard InChI is InChI=1S/C21H18F2N4O2S/c22-14-5-3-13(4-6-14)12-18(28)27-11-1-2-17(27)20-25-26-21(30-20)19(29)24-16-9-7-15(23)8-10-16/h3-10,17H,1-2,11-12H2,(H,24,29)/t17-/m1/s1. The zero-order valence-corrected chi connectivity index (χ0v) is 16.7. The molecule has 6 nitrogen and oxygen atoms in total. The smallest absolute Gasteiger partial charge is 0.286 e. The van der Waals surface area contributed by atoms with Gasteiger partial charge in [-0.05, 0) is 54.8 Å². The van der Waals surface area contributed by atoms with Gasteiger partial charge in [0.1, 0.15) is 16.6 Å². The van der Waals surface area contributed by atoms with E-state index in [9.17, 15) is 18.4 Å². The molecule has 0 aliphatic carbocycles. The predicted molar refractivity (Wildman–Crippen MR) is 108 cm³/mol. The number of benzene rings is 2. The maximum Gasteiger partial charge on any atom is 0.286 e. The minimum Gasteiger partial charge on any atom is -0.333 e. The molecule has 2 aromatic carbocycles. The number of hydrogen-bond acceptors (Lipinski definition) is 5. The number of carbonyl (C=O) groups excluding carboxylic acids is 2. The van der Waals surface area contributed by atoms with Gasteiger partial charge in [0.25, 0.3) is 5.91 Å². The van der Waals surface area contributed by atoms with Gasteiger partial charge in [-0.2, -0.15) is 0 Å². The van der Waals surface area contributed by atoms with Crippen molar-refractivity contribution in [1.82, 2.24) is 15.1 Å². The largest absolute Gasteiger partial charge is 0.333 e. The summed E-state index contributed by atoms with van der Waals surface area (Å²) in [4.78, 5) is 26.9. The average molecular weight is 428 g/mol. The van der Waals surface area contributed by atoms with Gasteiger partial charge in [-0.3, -0.25) is 9.59 Å². The molecular formula is C21H18F2N4O2S. The summed E-state index contributed by atoms with van der Waals surface area (Å²) in [6, 6.07) is 11.1. The number of aromatic nitrogens is 2. The molecule has 0 saturated carbocycles. The van der Waals surface area contributed by atoms with E-state index >= 15 is 0 Å². The van der Waals surface area contributed by atoms with Crippen LogP contribution in [0.15, 0.2) is 48.5 Å².